The molecule has 8 heteroatoms. The topological polar surface area (TPSA) is 114 Å². The predicted octanol–water partition coefficient (Wildman–Crippen LogP) is 0.878. The fourth-order valence-electron chi connectivity index (χ4n) is 1.45. The van der Waals surface area contributed by atoms with E-state index in [0.29, 0.717) is 11.1 Å². The van der Waals surface area contributed by atoms with Crippen LogP contribution in [-0.4, -0.2) is 29.0 Å². The molecule has 0 spiro atoms. The second kappa shape index (κ2) is 7.13. The van der Waals surface area contributed by atoms with Crippen LogP contribution in [-0.2, 0) is 9.59 Å². The number of amides is 2. The average molecular weight is 292 g/mol. The van der Waals surface area contributed by atoms with E-state index in [9.17, 15) is 19.7 Å². The largest absolute Gasteiger partial charge is 0.346 e. The van der Waals surface area contributed by atoms with Crippen LogP contribution < -0.4 is 10.7 Å². The van der Waals surface area contributed by atoms with Crippen LogP contribution in [0, 0.1) is 17.0 Å². The predicted molar refractivity (Wildman–Crippen MR) is 76.8 cm³/mol. The third-order valence-electron chi connectivity index (χ3n) is 2.44. The highest BCUT2D eigenvalue weighted by atomic mass is 16.6. The van der Waals surface area contributed by atoms with Crippen molar-refractivity contribution in [2.45, 2.75) is 26.8 Å². The lowest BCUT2D eigenvalue weighted by molar-refractivity contribution is -0.385. The summed E-state index contributed by atoms with van der Waals surface area (Å²) < 4.78 is 0. The van der Waals surface area contributed by atoms with E-state index < -0.39 is 16.7 Å². The summed E-state index contributed by atoms with van der Waals surface area (Å²) in [5, 5.41) is 16.8. The molecular formula is C13H16N4O4. The molecular weight excluding hydrogens is 276 g/mol. The number of nitro groups is 1. The van der Waals surface area contributed by atoms with Crippen LogP contribution in [0.15, 0.2) is 23.3 Å². The third kappa shape index (κ3) is 5.01. The van der Waals surface area contributed by atoms with Crippen LogP contribution >= 0.6 is 0 Å². The van der Waals surface area contributed by atoms with Crippen LogP contribution in [0.4, 0.5) is 5.69 Å². The number of nitrogens with one attached hydrogen (secondary N) is 2. The van der Waals surface area contributed by atoms with Gasteiger partial charge in [0.15, 0.2) is 0 Å². The first kappa shape index (κ1) is 16.3. The van der Waals surface area contributed by atoms with Gasteiger partial charge in [0.1, 0.15) is 0 Å². The lowest BCUT2D eigenvalue weighted by Gasteiger charge is -2.06. The van der Waals surface area contributed by atoms with Crippen molar-refractivity contribution in [2.75, 3.05) is 0 Å². The van der Waals surface area contributed by atoms with Gasteiger partial charge in [0.2, 0.25) is 0 Å². The minimum atomic E-state index is -0.901. The van der Waals surface area contributed by atoms with E-state index in [1.165, 1.54) is 12.3 Å². The number of aryl methyl sites for hydroxylation is 1. The number of hydrogen-bond donors (Lipinski definition) is 2. The number of benzene rings is 1. The summed E-state index contributed by atoms with van der Waals surface area (Å²) in [7, 11) is 0. The Morgan fingerprint density at radius 3 is 2.57 bits per heavy atom. The van der Waals surface area contributed by atoms with Gasteiger partial charge in [-0.3, -0.25) is 19.7 Å². The lowest BCUT2D eigenvalue weighted by atomic mass is 10.1. The summed E-state index contributed by atoms with van der Waals surface area (Å²) in [4.78, 5) is 32.9. The van der Waals surface area contributed by atoms with Crippen LogP contribution in [0.25, 0.3) is 0 Å². The number of nitrogens with zero attached hydrogens (tertiary/aromatic N) is 2. The molecule has 1 aromatic carbocycles. The first-order chi connectivity index (χ1) is 9.81. The minimum absolute atomic E-state index is 0.0390. The Morgan fingerprint density at radius 2 is 2.00 bits per heavy atom. The summed E-state index contributed by atoms with van der Waals surface area (Å²) in [6, 6.07) is 4.37. The summed E-state index contributed by atoms with van der Waals surface area (Å²) in [5.41, 5.74) is 2.98. The number of rotatable bonds is 4. The van der Waals surface area contributed by atoms with Gasteiger partial charge in [0, 0.05) is 23.2 Å². The molecule has 0 aliphatic heterocycles. The highest BCUT2D eigenvalue weighted by Crippen LogP contribution is 2.18. The van der Waals surface area contributed by atoms with Gasteiger partial charge in [-0.25, -0.2) is 5.43 Å². The van der Waals surface area contributed by atoms with Crippen LogP contribution in [0.3, 0.4) is 0 Å². The molecule has 0 atom stereocenters. The van der Waals surface area contributed by atoms with Crippen molar-refractivity contribution in [3.05, 3.63) is 39.4 Å². The Hall–Kier alpha value is -2.77. The van der Waals surface area contributed by atoms with E-state index in [0.717, 1.165) is 0 Å². The fraction of sp³-hybridized carbons (Fsp3) is 0.308. The molecule has 0 bridgehead atoms. The normalized spacial score (nSPS) is 10.7. The first-order valence-electron chi connectivity index (χ1n) is 6.20. The highest BCUT2D eigenvalue weighted by molar-refractivity contribution is 6.35. The molecule has 0 aromatic heterocycles. The Labute approximate surface area is 121 Å². The summed E-state index contributed by atoms with van der Waals surface area (Å²) in [6.07, 6.45) is 1.23. The van der Waals surface area contributed by atoms with Crippen LogP contribution in [0.2, 0.25) is 0 Å². The SMILES string of the molecule is Cc1ccc(/C=N\NC(=O)C(=O)NC(C)C)cc1[N+](=O)[O-]. The van der Waals surface area contributed by atoms with Crippen molar-refractivity contribution in [2.24, 2.45) is 5.10 Å². The van der Waals surface area contributed by atoms with Gasteiger partial charge in [0.25, 0.3) is 5.69 Å². The fourth-order valence-corrected chi connectivity index (χ4v) is 1.45. The average Bonchev–Trinajstić information content (AvgIpc) is 2.39. The standard InChI is InChI=1S/C13H16N4O4/c1-8(2)15-12(18)13(19)16-14-7-10-5-4-9(3)11(6-10)17(20)21/h4-8H,1-3H3,(H,15,18)(H,16,19)/b14-7-. The molecule has 2 amide bonds. The van der Waals surface area contributed by atoms with Gasteiger partial charge in [0.05, 0.1) is 11.1 Å². The molecule has 0 fully saturated rings. The molecule has 0 heterocycles. The monoisotopic (exact) mass is 292 g/mol. The van der Waals surface area contributed by atoms with Gasteiger partial charge < -0.3 is 5.32 Å². The molecule has 8 nitrogen and oxygen atoms in total. The highest BCUT2D eigenvalue weighted by Gasteiger charge is 2.13. The van der Waals surface area contributed by atoms with Crippen molar-refractivity contribution in [1.29, 1.82) is 0 Å². The molecule has 0 aliphatic rings. The van der Waals surface area contributed by atoms with Gasteiger partial charge in [-0.05, 0) is 20.8 Å². The van der Waals surface area contributed by atoms with E-state index in [4.69, 9.17) is 0 Å². The molecule has 21 heavy (non-hydrogen) atoms. The Morgan fingerprint density at radius 1 is 1.33 bits per heavy atom. The van der Waals surface area contributed by atoms with Gasteiger partial charge in [-0.2, -0.15) is 5.10 Å². The van der Waals surface area contributed by atoms with E-state index >= 15 is 0 Å². The maximum atomic E-state index is 11.4. The third-order valence-corrected chi connectivity index (χ3v) is 2.44. The van der Waals surface area contributed by atoms with E-state index in [2.05, 4.69) is 10.4 Å². The Balaban J connectivity index is 2.70. The number of hydrazone groups is 1. The van der Waals surface area contributed by atoms with Crippen LogP contribution in [0.5, 0.6) is 0 Å². The first-order valence-corrected chi connectivity index (χ1v) is 6.20. The molecule has 1 rings (SSSR count). The van der Waals surface area contributed by atoms with E-state index in [1.54, 1.807) is 32.9 Å². The molecule has 112 valence electrons. The molecule has 0 saturated carbocycles. The van der Waals surface area contributed by atoms with Gasteiger partial charge in [-0.1, -0.05) is 12.1 Å². The minimum Gasteiger partial charge on any atom is -0.346 e. The van der Waals surface area contributed by atoms with Crippen LogP contribution in [0.1, 0.15) is 25.0 Å². The maximum absolute atomic E-state index is 11.4. The molecule has 0 aliphatic carbocycles. The molecule has 1 aromatic rings. The molecule has 0 unspecified atom stereocenters. The second-order valence-electron chi connectivity index (χ2n) is 4.63. The number of carbonyl (C=O) groups is 2. The van der Waals surface area contributed by atoms with Gasteiger partial charge >= 0.3 is 11.8 Å². The second-order valence-corrected chi connectivity index (χ2v) is 4.63. The number of nitro benzene ring substituents is 1. The maximum Gasteiger partial charge on any atom is 0.329 e. The molecule has 0 saturated heterocycles. The summed E-state index contributed by atoms with van der Waals surface area (Å²) in [5.74, 6) is -1.70. The van der Waals surface area contributed by atoms with Crippen molar-refractivity contribution >= 4 is 23.7 Å². The zero-order valence-corrected chi connectivity index (χ0v) is 11.9. The smallest absolute Gasteiger partial charge is 0.329 e. The van der Waals surface area contributed by atoms with Crippen molar-refractivity contribution in [3.63, 3.8) is 0 Å². The van der Waals surface area contributed by atoms with Gasteiger partial charge in [-0.15, -0.1) is 0 Å². The van der Waals surface area contributed by atoms with Crippen molar-refractivity contribution in [3.8, 4) is 0 Å². The summed E-state index contributed by atoms with van der Waals surface area (Å²) in [6.45, 7) is 5.07. The zero-order valence-electron chi connectivity index (χ0n) is 11.9. The number of hydrogen-bond acceptors (Lipinski definition) is 5. The summed E-state index contributed by atoms with van der Waals surface area (Å²) >= 11 is 0. The quantitative estimate of drug-likeness (QED) is 0.371. The zero-order chi connectivity index (χ0) is 16.0. The van der Waals surface area contributed by atoms with E-state index in [1.807, 2.05) is 5.43 Å². The molecule has 0 radical (unpaired) electrons. The number of carbonyl (C=O) groups excluding carboxylic acids is 2. The Kier molecular flexibility index (Phi) is 5.53. The van der Waals surface area contributed by atoms with Crippen molar-refractivity contribution in [1.82, 2.24) is 10.7 Å². The molecule has 2 N–H and O–H groups in total. The van der Waals surface area contributed by atoms with Crippen molar-refractivity contribution < 1.29 is 14.5 Å². The van der Waals surface area contributed by atoms with E-state index in [-0.39, 0.29) is 11.7 Å². The Bertz CT molecular complexity index is 596. The lowest BCUT2D eigenvalue weighted by Crippen LogP contribution is -2.41.